The molecule has 0 fully saturated rings. The van der Waals surface area contributed by atoms with Gasteiger partial charge in [-0.15, -0.1) is 0 Å². The van der Waals surface area contributed by atoms with Crippen molar-refractivity contribution < 1.29 is 14.4 Å². The number of hydrogen-bond donors (Lipinski definition) is 2. The summed E-state index contributed by atoms with van der Waals surface area (Å²) in [4.78, 5) is 10.6. The summed E-state index contributed by atoms with van der Waals surface area (Å²) in [7, 11) is 2.86. The van der Waals surface area contributed by atoms with E-state index in [1.54, 1.807) is 0 Å². The van der Waals surface area contributed by atoms with Gasteiger partial charge in [-0.25, -0.2) is 0 Å². The third kappa shape index (κ3) is 4.56. The Kier molecular flexibility index (Phi) is 6.34. The number of methoxy groups -OCH3 is 2. The lowest BCUT2D eigenvalue weighted by molar-refractivity contribution is -0.385. The van der Waals surface area contributed by atoms with Crippen LogP contribution in [0.5, 0.6) is 11.5 Å². The number of benzene rings is 1. The van der Waals surface area contributed by atoms with Crippen LogP contribution in [0.15, 0.2) is 17.2 Å². The van der Waals surface area contributed by atoms with Crippen LogP contribution < -0.4 is 20.2 Å². The zero-order valence-corrected chi connectivity index (χ0v) is 12.7. The van der Waals surface area contributed by atoms with Crippen molar-refractivity contribution in [2.75, 3.05) is 20.8 Å². The maximum Gasteiger partial charge on any atom is 0.282 e. The Labute approximate surface area is 127 Å². The van der Waals surface area contributed by atoms with Crippen molar-refractivity contribution >= 4 is 29.2 Å². The Balaban J connectivity index is 3.06. The van der Waals surface area contributed by atoms with Crippen LogP contribution in [0.25, 0.3) is 0 Å². The maximum absolute atomic E-state index is 11.1. The van der Waals surface area contributed by atoms with E-state index in [0.717, 1.165) is 0 Å². The van der Waals surface area contributed by atoms with E-state index in [4.69, 9.17) is 21.7 Å². The van der Waals surface area contributed by atoms with Gasteiger partial charge >= 0.3 is 0 Å². The highest BCUT2D eigenvalue weighted by molar-refractivity contribution is 7.80. The first kappa shape index (κ1) is 16.6. The quantitative estimate of drug-likeness (QED) is 0.355. The van der Waals surface area contributed by atoms with Gasteiger partial charge in [0.2, 0.25) is 0 Å². The van der Waals surface area contributed by atoms with Crippen LogP contribution in [-0.4, -0.2) is 37.0 Å². The Bertz CT molecular complexity index is 562. The molecule has 0 unspecified atom stereocenters. The molecule has 1 aromatic rings. The van der Waals surface area contributed by atoms with Gasteiger partial charge in [-0.05, 0) is 25.2 Å². The summed E-state index contributed by atoms with van der Waals surface area (Å²) in [6, 6.07) is 2.75. The van der Waals surface area contributed by atoms with E-state index in [9.17, 15) is 10.1 Å². The second kappa shape index (κ2) is 8.00. The second-order valence-electron chi connectivity index (χ2n) is 3.75. The molecule has 1 aromatic carbocycles. The lowest BCUT2D eigenvalue weighted by Crippen LogP contribution is -2.31. The molecular formula is C12H16N4O4S. The number of nitrogens with one attached hydrogen (secondary N) is 2. The molecule has 0 aliphatic heterocycles. The minimum atomic E-state index is -0.522. The summed E-state index contributed by atoms with van der Waals surface area (Å²) < 4.78 is 10.1. The topological polar surface area (TPSA) is 98.0 Å². The van der Waals surface area contributed by atoms with Crippen molar-refractivity contribution in [2.24, 2.45) is 5.10 Å². The Hall–Kier alpha value is -2.42. The molecule has 9 heteroatoms. The average molecular weight is 312 g/mol. The first-order valence-electron chi connectivity index (χ1n) is 6.00. The van der Waals surface area contributed by atoms with Crippen LogP contribution in [0.3, 0.4) is 0 Å². The first-order valence-corrected chi connectivity index (χ1v) is 6.41. The number of nitro benzene ring substituents is 1. The van der Waals surface area contributed by atoms with Crippen LogP contribution in [0.1, 0.15) is 12.5 Å². The molecule has 1 rings (SSSR count). The summed E-state index contributed by atoms with van der Waals surface area (Å²) in [6.45, 7) is 2.54. The molecule has 0 atom stereocenters. The molecule has 21 heavy (non-hydrogen) atoms. The molecule has 8 nitrogen and oxygen atoms in total. The number of nitrogens with zero attached hydrogens (tertiary/aromatic N) is 2. The Morgan fingerprint density at radius 3 is 2.57 bits per heavy atom. The molecule has 0 heterocycles. The lowest BCUT2D eigenvalue weighted by Gasteiger charge is -2.08. The minimum absolute atomic E-state index is 0.146. The molecule has 0 radical (unpaired) electrons. The van der Waals surface area contributed by atoms with Crippen LogP contribution in [0, 0.1) is 10.1 Å². The van der Waals surface area contributed by atoms with Gasteiger partial charge in [-0.2, -0.15) is 5.10 Å². The fraction of sp³-hybridized carbons (Fsp3) is 0.333. The van der Waals surface area contributed by atoms with Gasteiger partial charge in [-0.1, -0.05) is 0 Å². The molecule has 0 aliphatic carbocycles. The maximum atomic E-state index is 11.1. The standard InChI is InChI=1S/C12H16N4O4S/c1-4-13-12(21)15-14-7-8-5-10(19-2)11(20-3)6-9(8)16(17)18/h5-7H,4H2,1-3H3,(H2,13,15,21)/b14-7-. The number of hydrogen-bond acceptors (Lipinski definition) is 6. The third-order valence-electron chi connectivity index (χ3n) is 2.44. The minimum Gasteiger partial charge on any atom is -0.493 e. The molecule has 0 saturated carbocycles. The number of nitro groups is 1. The zero-order chi connectivity index (χ0) is 15.8. The predicted molar refractivity (Wildman–Crippen MR) is 83.2 cm³/mol. The highest BCUT2D eigenvalue weighted by Gasteiger charge is 2.18. The summed E-state index contributed by atoms with van der Waals surface area (Å²) >= 11 is 4.93. The highest BCUT2D eigenvalue weighted by Crippen LogP contribution is 2.33. The zero-order valence-electron chi connectivity index (χ0n) is 11.9. The molecule has 0 amide bonds. The smallest absolute Gasteiger partial charge is 0.282 e. The normalized spacial score (nSPS) is 10.2. The van der Waals surface area contributed by atoms with Crippen molar-refractivity contribution in [1.82, 2.24) is 10.7 Å². The molecule has 0 bridgehead atoms. The molecule has 0 spiro atoms. The van der Waals surface area contributed by atoms with Crippen molar-refractivity contribution in [1.29, 1.82) is 0 Å². The molecule has 2 N–H and O–H groups in total. The average Bonchev–Trinajstić information content (AvgIpc) is 2.46. The van der Waals surface area contributed by atoms with Crippen LogP contribution in [0.4, 0.5) is 5.69 Å². The Morgan fingerprint density at radius 2 is 2.05 bits per heavy atom. The Morgan fingerprint density at radius 1 is 1.43 bits per heavy atom. The van der Waals surface area contributed by atoms with E-state index in [2.05, 4.69) is 15.8 Å². The summed E-state index contributed by atoms with van der Waals surface area (Å²) in [5, 5.41) is 18.1. The molecule has 0 aliphatic rings. The summed E-state index contributed by atoms with van der Waals surface area (Å²) in [5.74, 6) is 0.649. The van der Waals surface area contributed by atoms with Gasteiger partial charge in [0.25, 0.3) is 5.69 Å². The predicted octanol–water partition coefficient (Wildman–Crippen LogP) is 1.43. The van der Waals surface area contributed by atoms with E-state index in [1.807, 2.05) is 6.92 Å². The van der Waals surface area contributed by atoms with Crippen molar-refractivity contribution in [2.45, 2.75) is 6.92 Å². The van der Waals surface area contributed by atoms with E-state index in [1.165, 1.54) is 32.6 Å². The fourth-order valence-electron chi connectivity index (χ4n) is 1.51. The van der Waals surface area contributed by atoms with Crippen LogP contribution in [0.2, 0.25) is 0 Å². The number of thiocarbonyl (C=S) groups is 1. The van der Waals surface area contributed by atoms with E-state index in [0.29, 0.717) is 17.4 Å². The van der Waals surface area contributed by atoms with Crippen LogP contribution in [-0.2, 0) is 0 Å². The summed E-state index contributed by atoms with van der Waals surface area (Å²) in [6.07, 6.45) is 1.30. The van der Waals surface area contributed by atoms with E-state index in [-0.39, 0.29) is 17.0 Å². The number of hydrazone groups is 1. The fourth-order valence-corrected chi connectivity index (χ4v) is 1.70. The molecule has 0 saturated heterocycles. The first-order chi connectivity index (χ1) is 10.0. The molecule has 0 aromatic heterocycles. The number of rotatable bonds is 6. The lowest BCUT2D eigenvalue weighted by atomic mass is 10.1. The van der Waals surface area contributed by atoms with Crippen molar-refractivity contribution in [3.05, 3.63) is 27.8 Å². The van der Waals surface area contributed by atoms with Gasteiger partial charge in [0.1, 0.15) is 0 Å². The van der Waals surface area contributed by atoms with Gasteiger partial charge in [0.15, 0.2) is 16.6 Å². The third-order valence-corrected chi connectivity index (χ3v) is 2.67. The summed E-state index contributed by atoms with van der Waals surface area (Å²) in [5.41, 5.74) is 2.68. The second-order valence-corrected chi connectivity index (χ2v) is 4.16. The molecule has 114 valence electrons. The van der Waals surface area contributed by atoms with Gasteiger partial charge in [-0.3, -0.25) is 15.5 Å². The monoisotopic (exact) mass is 312 g/mol. The van der Waals surface area contributed by atoms with Crippen LogP contribution >= 0.6 is 12.2 Å². The van der Waals surface area contributed by atoms with Gasteiger partial charge in [0.05, 0.1) is 37.0 Å². The highest BCUT2D eigenvalue weighted by atomic mass is 32.1. The SMILES string of the molecule is CCNC(=S)N/N=C\c1cc(OC)c(OC)cc1[N+](=O)[O-]. The molecular weight excluding hydrogens is 296 g/mol. The number of ether oxygens (including phenoxy) is 2. The van der Waals surface area contributed by atoms with Gasteiger partial charge < -0.3 is 14.8 Å². The van der Waals surface area contributed by atoms with Gasteiger partial charge in [0, 0.05) is 6.54 Å². The van der Waals surface area contributed by atoms with E-state index < -0.39 is 4.92 Å². The largest absolute Gasteiger partial charge is 0.493 e. The van der Waals surface area contributed by atoms with E-state index >= 15 is 0 Å². The van der Waals surface area contributed by atoms with Crippen molar-refractivity contribution in [3.63, 3.8) is 0 Å². The van der Waals surface area contributed by atoms with Crippen molar-refractivity contribution in [3.8, 4) is 11.5 Å².